The molecule has 0 aromatic heterocycles. The molecule has 6 aromatic rings. The number of ether oxygens (including phenoxy) is 3. The fraction of sp³-hybridized carbons (Fsp3) is 0.379. The van der Waals surface area contributed by atoms with Crippen molar-refractivity contribution in [2.75, 3.05) is 19.8 Å². The van der Waals surface area contributed by atoms with Crippen molar-refractivity contribution in [1.82, 2.24) is 0 Å². The fourth-order valence-corrected chi connectivity index (χ4v) is 20.4. The molecule has 3 aliphatic heterocycles. The number of sulfone groups is 3. The van der Waals surface area contributed by atoms with Crippen LogP contribution in [0.3, 0.4) is 0 Å². The molecule has 9 atom stereocenters. The van der Waals surface area contributed by atoms with Crippen molar-refractivity contribution in [3.8, 4) is 17.2 Å². The lowest BCUT2D eigenvalue weighted by molar-refractivity contribution is 0.0394. The van der Waals surface area contributed by atoms with Crippen molar-refractivity contribution < 1.29 is 81.1 Å². The van der Waals surface area contributed by atoms with Crippen LogP contribution in [-0.2, 0) is 43.8 Å². The lowest BCUT2D eigenvalue weighted by Gasteiger charge is -2.48. The first-order valence-electron chi connectivity index (χ1n) is 25.7. The Morgan fingerprint density at radius 3 is 0.829 bits per heavy atom. The molecule has 0 radical (unpaired) electrons. The van der Waals surface area contributed by atoms with Gasteiger partial charge in [0.2, 0.25) is 0 Å². The second-order valence-electron chi connectivity index (χ2n) is 21.0. The number of rotatable bonds is 6. The molecule has 6 aromatic carbocycles. The Hall–Kier alpha value is -5.10. The fourth-order valence-electron chi connectivity index (χ4n) is 13.0. The monoisotopic (exact) mass is 1260 g/mol. The number of aliphatic hydroxyl groups is 3. The van der Waals surface area contributed by atoms with Gasteiger partial charge in [0.05, 0.1) is 69.5 Å². The highest BCUT2D eigenvalue weighted by molar-refractivity contribution is 7.93. The number of hydrogen-bond donors (Lipinski definition) is 3. The molecule has 0 saturated heterocycles. The maximum atomic E-state index is 14.9. The van der Waals surface area contributed by atoms with Gasteiger partial charge >= 0.3 is 0 Å². The molecule has 6 aliphatic rings. The molecule has 12 rings (SSSR count). The number of halogens is 9. The minimum Gasteiger partial charge on any atom is -0.490 e. The quantitative estimate of drug-likeness (QED) is 0.134. The molecule has 3 heterocycles. The van der Waals surface area contributed by atoms with E-state index in [0.717, 1.165) is 36.4 Å². The summed E-state index contributed by atoms with van der Waals surface area (Å²) in [4.78, 5) is -0.0700. The highest BCUT2D eigenvalue weighted by Gasteiger charge is 2.62. The average Bonchev–Trinajstić information content (AvgIpc) is 0.875. The largest absolute Gasteiger partial charge is 0.490 e. The van der Waals surface area contributed by atoms with Crippen LogP contribution < -0.4 is 14.2 Å². The molecule has 82 heavy (non-hydrogen) atoms. The van der Waals surface area contributed by atoms with Crippen LogP contribution in [0.1, 0.15) is 81.9 Å². The van der Waals surface area contributed by atoms with Gasteiger partial charge in [0.1, 0.15) is 31.7 Å². The summed E-state index contributed by atoms with van der Waals surface area (Å²) in [6.45, 7) is -0.342. The second kappa shape index (κ2) is 23.1. The van der Waals surface area contributed by atoms with Gasteiger partial charge in [0.15, 0.2) is 64.2 Å². The molecule has 3 fully saturated rings. The molecule has 440 valence electrons. The summed E-state index contributed by atoms with van der Waals surface area (Å²) >= 11 is 17.6. The van der Waals surface area contributed by atoms with E-state index in [1.54, 1.807) is 0 Å². The second-order valence-corrected chi connectivity index (χ2v) is 29.0. The van der Waals surface area contributed by atoms with Crippen LogP contribution in [-0.4, -0.2) is 78.7 Å². The van der Waals surface area contributed by atoms with Crippen LogP contribution in [0.2, 0.25) is 15.1 Å². The van der Waals surface area contributed by atoms with Crippen LogP contribution in [0.15, 0.2) is 124 Å². The lowest BCUT2D eigenvalue weighted by atomic mass is 9.72. The summed E-state index contributed by atoms with van der Waals surface area (Å²) in [5, 5.41) is 31.3. The molecular weight excluding hydrogens is 1210 g/mol. The van der Waals surface area contributed by atoms with E-state index in [1.807, 2.05) is 0 Å². The van der Waals surface area contributed by atoms with Gasteiger partial charge in [0.25, 0.3) is 0 Å². The van der Waals surface area contributed by atoms with E-state index < -0.39 is 115 Å². The molecule has 3 aliphatic carbocycles. The zero-order valence-corrected chi connectivity index (χ0v) is 47.2. The van der Waals surface area contributed by atoms with Gasteiger partial charge < -0.3 is 29.5 Å². The summed E-state index contributed by atoms with van der Waals surface area (Å²) in [7, 11) is -12.4. The zero-order chi connectivity index (χ0) is 58.2. The standard InChI is InChI=1S/3C19H17ClF2O4S.CH4/c3*20-12-1-3-14(4-2-12)27(24,25)19-8-7-13(23)9-11(19)10-26-18-16(22)6-5-15(21)17(18)19;/h3*1-6,11,13,23H,7-10H2;1H4/t3*11-,13+,19+;/m110./s1. The summed E-state index contributed by atoms with van der Waals surface area (Å²) in [6, 6.07) is 22.4. The van der Waals surface area contributed by atoms with E-state index in [9.17, 15) is 66.9 Å². The Kier molecular flexibility index (Phi) is 17.3. The first kappa shape index (κ1) is 61.5. The maximum Gasteiger partial charge on any atom is 0.188 e. The number of aliphatic hydroxyl groups excluding tert-OH is 3. The van der Waals surface area contributed by atoms with Crippen LogP contribution in [0.5, 0.6) is 17.2 Å². The van der Waals surface area contributed by atoms with Crippen molar-refractivity contribution in [2.24, 2.45) is 17.8 Å². The molecule has 0 amide bonds. The van der Waals surface area contributed by atoms with E-state index >= 15 is 0 Å². The predicted octanol–water partition coefficient (Wildman–Crippen LogP) is 12.2. The zero-order valence-electron chi connectivity index (χ0n) is 42.5. The predicted molar refractivity (Wildman–Crippen MR) is 293 cm³/mol. The minimum absolute atomic E-state index is 0. The third-order valence-electron chi connectivity index (χ3n) is 16.7. The van der Waals surface area contributed by atoms with E-state index in [1.165, 1.54) is 72.8 Å². The summed E-state index contributed by atoms with van der Waals surface area (Å²) in [6.07, 6.45) is -1.36. The van der Waals surface area contributed by atoms with E-state index in [4.69, 9.17) is 49.0 Å². The van der Waals surface area contributed by atoms with E-state index in [2.05, 4.69) is 0 Å². The number of benzene rings is 6. The van der Waals surface area contributed by atoms with Gasteiger partial charge in [-0.05, 0) is 167 Å². The van der Waals surface area contributed by atoms with Crippen LogP contribution in [0.25, 0.3) is 0 Å². The molecule has 3 saturated carbocycles. The molecule has 0 bridgehead atoms. The Morgan fingerprint density at radius 1 is 0.378 bits per heavy atom. The molecular formula is C58H55Cl3F6O12S3. The summed E-state index contributed by atoms with van der Waals surface area (Å²) in [5.74, 6) is -8.09. The van der Waals surface area contributed by atoms with Gasteiger partial charge in [-0.15, -0.1) is 0 Å². The van der Waals surface area contributed by atoms with Crippen molar-refractivity contribution >= 4 is 64.3 Å². The van der Waals surface area contributed by atoms with Crippen LogP contribution in [0.4, 0.5) is 26.3 Å². The Labute approximate surface area is 485 Å². The average molecular weight is 1260 g/mol. The lowest BCUT2D eigenvalue weighted by Crippen LogP contribution is -2.53. The van der Waals surface area contributed by atoms with Gasteiger partial charge in [-0.2, -0.15) is 0 Å². The van der Waals surface area contributed by atoms with E-state index in [-0.39, 0.29) is 134 Å². The highest BCUT2D eigenvalue weighted by Crippen LogP contribution is 2.60. The van der Waals surface area contributed by atoms with Crippen molar-refractivity contribution in [3.63, 3.8) is 0 Å². The van der Waals surface area contributed by atoms with E-state index in [0.29, 0.717) is 15.1 Å². The summed E-state index contributed by atoms with van der Waals surface area (Å²) in [5.41, 5.74) is -0.832. The maximum absolute atomic E-state index is 14.9. The van der Waals surface area contributed by atoms with Crippen molar-refractivity contribution in [1.29, 1.82) is 0 Å². The Bertz CT molecular complexity index is 3370. The molecule has 24 heteroatoms. The van der Waals surface area contributed by atoms with Gasteiger partial charge in [-0.1, -0.05) is 42.2 Å². The van der Waals surface area contributed by atoms with Crippen molar-refractivity contribution in [3.05, 3.63) is 176 Å². The Balaban J connectivity index is 0.000000147. The molecule has 0 spiro atoms. The van der Waals surface area contributed by atoms with Gasteiger partial charge in [-0.25, -0.2) is 51.6 Å². The number of hydrogen-bond acceptors (Lipinski definition) is 12. The van der Waals surface area contributed by atoms with Crippen LogP contribution >= 0.6 is 34.8 Å². The molecule has 0 unspecified atom stereocenters. The van der Waals surface area contributed by atoms with Crippen LogP contribution in [0, 0.1) is 52.7 Å². The molecule has 12 nitrogen and oxygen atoms in total. The third-order valence-corrected chi connectivity index (χ3v) is 25.3. The summed E-state index contributed by atoms with van der Waals surface area (Å²) < 4.78 is 181. The van der Waals surface area contributed by atoms with Gasteiger partial charge in [0, 0.05) is 32.8 Å². The molecule has 3 N–H and O–H groups in total. The highest BCUT2D eigenvalue weighted by atomic mass is 35.5. The minimum atomic E-state index is -4.13. The smallest absolute Gasteiger partial charge is 0.188 e. The Morgan fingerprint density at radius 2 is 0.598 bits per heavy atom. The topological polar surface area (TPSA) is 191 Å². The third kappa shape index (κ3) is 10.0. The SMILES string of the molecule is C.O=S(=O)(c1ccc(Cl)cc1)[C@@]12CC[C@H](O)C[C@@H]1COc1c(F)ccc(F)c12.O=S(=O)(c1ccc(Cl)cc1)[C@@]12CC[C@H](O)C[C@@H]1COc1c(F)ccc(F)c12.O=S(=O)(c1ccc(Cl)cc1)[C@]12CC[C@@H](O)C[C@H]1COc1c(F)ccc(F)c12. The first-order valence-corrected chi connectivity index (χ1v) is 31.3. The van der Waals surface area contributed by atoms with Crippen molar-refractivity contribution in [2.45, 2.75) is 112 Å². The van der Waals surface area contributed by atoms with Gasteiger partial charge in [-0.3, -0.25) is 0 Å². The first-order chi connectivity index (χ1) is 38.3. The normalized spacial score (nSPS) is 27.1. The number of fused-ring (bicyclic) bond motifs is 9.